The Hall–Kier alpha value is -2.80. The summed E-state index contributed by atoms with van der Waals surface area (Å²) in [7, 11) is 0. The quantitative estimate of drug-likeness (QED) is 0.758. The summed E-state index contributed by atoms with van der Waals surface area (Å²) in [4.78, 5) is 22.6. The second-order valence-corrected chi connectivity index (χ2v) is 4.71. The third-order valence-electron chi connectivity index (χ3n) is 2.72. The Morgan fingerprint density at radius 2 is 1.50 bits per heavy atom. The summed E-state index contributed by atoms with van der Waals surface area (Å²) >= 11 is 4.99. The van der Waals surface area contributed by atoms with Crippen LogP contribution in [0.5, 0.6) is 0 Å². The van der Waals surface area contributed by atoms with Crippen LogP contribution >= 0.6 is 12.2 Å². The zero-order valence-electron chi connectivity index (χ0n) is 11.2. The van der Waals surface area contributed by atoms with Gasteiger partial charge in [-0.2, -0.15) is 0 Å². The lowest BCUT2D eigenvalue weighted by Crippen LogP contribution is -2.34. The minimum absolute atomic E-state index is 0.0531. The predicted molar refractivity (Wildman–Crippen MR) is 83.5 cm³/mol. The van der Waals surface area contributed by atoms with E-state index in [0.717, 1.165) is 0 Å². The first kappa shape index (κ1) is 15.6. The lowest BCUT2D eigenvalue weighted by molar-refractivity contribution is 0.0696. The van der Waals surface area contributed by atoms with Gasteiger partial charge in [-0.3, -0.25) is 10.1 Å². The third-order valence-corrected chi connectivity index (χ3v) is 2.93. The Bertz CT molecular complexity index is 715. The van der Waals surface area contributed by atoms with E-state index in [4.69, 9.17) is 17.3 Å². The van der Waals surface area contributed by atoms with Gasteiger partial charge in [0.05, 0.1) is 5.56 Å². The van der Waals surface area contributed by atoms with Gasteiger partial charge in [-0.25, -0.2) is 9.18 Å². The number of carbonyl (C=O) groups is 2. The minimum Gasteiger partial charge on any atom is -0.478 e. The van der Waals surface area contributed by atoms with Crippen LogP contribution in [-0.2, 0) is 0 Å². The third kappa shape index (κ3) is 4.10. The Labute approximate surface area is 130 Å². The zero-order chi connectivity index (χ0) is 16.1. The maximum Gasteiger partial charge on any atom is 0.335 e. The number of nitrogens with one attached hydrogen (secondary N) is 2. The van der Waals surface area contributed by atoms with Crippen molar-refractivity contribution in [1.82, 2.24) is 5.32 Å². The van der Waals surface area contributed by atoms with Crippen molar-refractivity contribution in [2.45, 2.75) is 0 Å². The summed E-state index contributed by atoms with van der Waals surface area (Å²) in [6.45, 7) is 0. The number of hydrogen-bond acceptors (Lipinski definition) is 3. The maximum atomic E-state index is 12.8. The molecule has 2 aromatic carbocycles. The fourth-order valence-corrected chi connectivity index (χ4v) is 1.85. The highest BCUT2D eigenvalue weighted by atomic mass is 32.1. The van der Waals surface area contributed by atoms with Crippen molar-refractivity contribution in [3.63, 3.8) is 0 Å². The topological polar surface area (TPSA) is 78.4 Å². The molecule has 0 saturated heterocycles. The fourth-order valence-electron chi connectivity index (χ4n) is 1.64. The SMILES string of the molecule is O=C(O)c1ccc(NC(=S)NC(=O)c2ccc(F)cc2)cc1. The van der Waals surface area contributed by atoms with Gasteiger partial charge in [0.15, 0.2) is 5.11 Å². The van der Waals surface area contributed by atoms with Crippen LogP contribution in [0.25, 0.3) is 0 Å². The molecule has 5 nitrogen and oxygen atoms in total. The molecule has 0 aliphatic carbocycles. The summed E-state index contributed by atoms with van der Waals surface area (Å²) in [5, 5.41) is 14.0. The summed E-state index contributed by atoms with van der Waals surface area (Å²) in [6.07, 6.45) is 0. The van der Waals surface area contributed by atoms with E-state index in [9.17, 15) is 14.0 Å². The summed E-state index contributed by atoms with van der Waals surface area (Å²) < 4.78 is 12.8. The number of rotatable bonds is 3. The van der Waals surface area contributed by atoms with Gasteiger partial charge in [0.2, 0.25) is 0 Å². The van der Waals surface area contributed by atoms with Gasteiger partial charge in [0.1, 0.15) is 5.82 Å². The molecule has 0 aromatic heterocycles. The summed E-state index contributed by atoms with van der Waals surface area (Å²) in [5.41, 5.74) is 0.952. The molecule has 3 N–H and O–H groups in total. The summed E-state index contributed by atoms with van der Waals surface area (Å²) in [6, 6.07) is 10.9. The monoisotopic (exact) mass is 318 g/mol. The average Bonchev–Trinajstić information content (AvgIpc) is 2.48. The molecule has 0 radical (unpaired) electrons. The van der Waals surface area contributed by atoms with Crippen molar-refractivity contribution >= 4 is 34.9 Å². The second kappa shape index (κ2) is 6.77. The number of aromatic carboxylic acids is 1. The predicted octanol–water partition coefficient (Wildman–Crippen LogP) is 2.65. The van der Waals surface area contributed by atoms with E-state index in [1.807, 2.05) is 0 Å². The number of anilines is 1. The van der Waals surface area contributed by atoms with E-state index in [1.165, 1.54) is 48.5 Å². The van der Waals surface area contributed by atoms with E-state index >= 15 is 0 Å². The van der Waals surface area contributed by atoms with Gasteiger partial charge >= 0.3 is 5.97 Å². The highest BCUT2D eigenvalue weighted by Crippen LogP contribution is 2.09. The Morgan fingerprint density at radius 3 is 2.05 bits per heavy atom. The molecule has 0 aliphatic rings. The molecule has 0 fully saturated rings. The van der Waals surface area contributed by atoms with Crippen LogP contribution < -0.4 is 10.6 Å². The molecule has 7 heteroatoms. The van der Waals surface area contributed by atoms with Gasteiger partial charge in [0, 0.05) is 11.3 Å². The molecule has 1 amide bonds. The number of benzene rings is 2. The van der Waals surface area contributed by atoms with Crippen molar-refractivity contribution in [2.24, 2.45) is 0 Å². The standard InChI is InChI=1S/C15H11FN2O3S/c16-11-5-1-9(2-6-11)13(19)18-15(22)17-12-7-3-10(4-8-12)14(20)21/h1-8H,(H,20,21)(H2,17,18,19,22). The Kier molecular flexibility index (Phi) is 4.80. The molecule has 2 rings (SSSR count). The molecule has 0 bridgehead atoms. The molecule has 0 heterocycles. The lowest BCUT2D eigenvalue weighted by atomic mass is 10.2. The van der Waals surface area contributed by atoms with Crippen LogP contribution in [0.3, 0.4) is 0 Å². The average molecular weight is 318 g/mol. The molecular weight excluding hydrogens is 307 g/mol. The normalized spacial score (nSPS) is 9.86. The van der Waals surface area contributed by atoms with Gasteiger partial charge < -0.3 is 10.4 Å². The molecule has 112 valence electrons. The Morgan fingerprint density at radius 1 is 0.955 bits per heavy atom. The Balaban J connectivity index is 1.96. The van der Waals surface area contributed by atoms with Crippen molar-refractivity contribution in [3.05, 3.63) is 65.5 Å². The van der Waals surface area contributed by atoms with Crippen molar-refractivity contribution in [2.75, 3.05) is 5.32 Å². The van der Waals surface area contributed by atoms with Gasteiger partial charge in [-0.05, 0) is 60.7 Å². The lowest BCUT2D eigenvalue weighted by Gasteiger charge is -2.09. The molecule has 0 saturated carbocycles. The van der Waals surface area contributed by atoms with Crippen LogP contribution in [0.1, 0.15) is 20.7 Å². The van der Waals surface area contributed by atoms with Crippen LogP contribution in [0, 0.1) is 5.82 Å². The second-order valence-electron chi connectivity index (χ2n) is 4.30. The van der Waals surface area contributed by atoms with Gasteiger partial charge in [0.25, 0.3) is 5.91 Å². The van der Waals surface area contributed by atoms with Crippen molar-refractivity contribution in [3.8, 4) is 0 Å². The minimum atomic E-state index is -1.03. The van der Waals surface area contributed by atoms with Crippen LogP contribution in [0.2, 0.25) is 0 Å². The molecule has 0 atom stereocenters. The highest BCUT2D eigenvalue weighted by Gasteiger charge is 2.08. The zero-order valence-corrected chi connectivity index (χ0v) is 12.0. The first-order valence-electron chi connectivity index (χ1n) is 6.17. The number of thiocarbonyl (C=S) groups is 1. The highest BCUT2D eigenvalue weighted by molar-refractivity contribution is 7.80. The molecule has 0 unspecified atom stereocenters. The number of halogens is 1. The number of hydrogen-bond donors (Lipinski definition) is 3. The van der Waals surface area contributed by atoms with Crippen molar-refractivity contribution < 1.29 is 19.1 Å². The van der Waals surface area contributed by atoms with Crippen LogP contribution in [0.15, 0.2) is 48.5 Å². The molecule has 2 aromatic rings. The maximum absolute atomic E-state index is 12.8. The summed E-state index contributed by atoms with van der Waals surface area (Å²) in [5.74, 6) is -1.94. The first-order valence-corrected chi connectivity index (χ1v) is 6.58. The van der Waals surface area contributed by atoms with Crippen LogP contribution in [0.4, 0.5) is 10.1 Å². The van der Waals surface area contributed by atoms with Gasteiger partial charge in [-0.15, -0.1) is 0 Å². The largest absolute Gasteiger partial charge is 0.478 e. The van der Waals surface area contributed by atoms with E-state index in [1.54, 1.807) is 0 Å². The molecule has 22 heavy (non-hydrogen) atoms. The van der Waals surface area contributed by atoms with Crippen molar-refractivity contribution in [1.29, 1.82) is 0 Å². The smallest absolute Gasteiger partial charge is 0.335 e. The van der Waals surface area contributed by atoms with Crippen LogP contribution in [-0.4, -0.2) is 22.1 Å². The number of carboxylic acid groups (broad SMARTS) is 1. The van der Waals surface area contributed by atoms with E-state index in [2.05, 4.69) is 10.6 Å². The van der Waals surface area contributed by atoms with Gasteiger partial charge in [-0.1, -0.05) is 0 Å². The van der Waals surface area contributed by atoms with E-state index < -0.39 is 17.7 Å². The molecule has 0 spiro atoms. The fraction of sp³-hybridized carbons (Fsp3) is 0. The van der Waals surface area contributed by atoms with E-state index in [0.29, 0.717) is 5.69 Å². The molecule has 0 aliphatic heterocycles. The number of carbonyl (C=O) groups excluding carboxylic acids is 1. The molecular formula is C15H11FN2O3S. The van der Waals surface area contributed by atoms with E-state index in [-0.39, 0.29) is 16.2 Å². The number of carboxylic acids is 1. The number of amides is 1. The first-order chi connectivity index (χ1) is 10.5.